The largest absolute Gasteiger partial charge is 0.481 e. The Balaban J connectivity index is 4.42. The van der Waals surface area contributed by atoms with E-state index in [0.717, 1.165) is 0 Å². The normalized spacial score (nSPS) is 13.2. The predicted molar refractivity (Wildman–Crippen MR) is 55.6 cm³/mol. The Morgan fingerprint density at radius 1 is 1.35 bits per heavy atom. The van der Waals surface area contributed by atoms with Crippen LogP contribution in [0.25, 0.3) is 0 Å². The van der Waals surface area contributed by atoms with Gasteiger partial charge in [0.25, 0.3) is 10.2 Å². The third kappa shape index (κ3) is 7.63. The van der Waals surface area contributed by atoms with Gasteiger partial charge in [-0.25, -0.2) is 0 Å². The Labute approximate surface area is 97.9 Å². The minimum atomic E-state index is -4.07. The van der Waals surface area contributed by atoms with Gasteiger partial charge in [-0.05, 0) is 0 Å². The van der Waals surface area contributed by atoms with Crippen molar-refractivity contribution in [3.8, 4) is 0 Å². The number of hydrogen-bond acceptors (Lipinski definition) is 5. The minimum Gasteiger partial charge on any atom is -0.481 e. The smallest absolute Gasteiger partial charge is 0.322 e. The number of hydrogen-bond donors (Lipinski definition) is 4. The molecule has 10 heteroatoms. The average molecular weight is 270 g/mol. The molecule has 100 valence electrons. The SMILES string of the molecule is COCCNS(=O)(=O)N[C@H](CC(=O)O)C(=O)O. The van der Waals surface area contributed by atoms with Crippen molar-refractivity contribution >= 4 is 22.1 Å². The summed E-state index contributed by atoms with van der Waals surface area (Å²) in [6.45, 7) is 0.0584. The molecule has 0 saturated carbocycles. The number of carboxylic acid groups (broad SMARTS) is 2. The van der Waals surface area contributed by atoms with E-state index in [9.17, 15) is 18.0 Å². The van der Waals surface area contributed by atoms with E-state index in [1.165, 1.54) is 7.11 Å². The number of aliphatic carboxylic acids is 2. The zero-order chi connectivity index (χ0) is 13.5. The van der Waals surface area contributed by atoms with E-state index < -0.39 is 34.6 Å². The van der Waals surface area contributed by atoms with E-state index in [0.29, 0.717) is 0 Å². The van der Waals surface area contributed by atoms with E-state index in [-0.39, 0.29) is 13.2 Å². The second kappa shape index (κ2) is 7.17. The highest BCUT2D eigenvalue weighted by molar-refractivity contribution is 7.87. The molecular weight excluding hydrogens is 256 g/mol. The Bertz CT molecular complexity index is 366. The lowest BCUT2D eigenvalue weighted by Gasteiger charge is -2.13. The van der Waals surface area contributed by atoms with Crippen molar-refractivity contribution in [2.75, 3.05) is 20.3 Å². The van der Waals surface area contributed by atoms with Crippen molar-refractivity contribution in [1.29, 1.82) is 0 Å². The molecule has 0 aromatic heterocycles. The van der Waals surface area contributed by atoms with Crippen LogP contribution in [-0.2, 0) is 24.5 Å². The molecule has 0 radical (unpaired) electrons. The number of carboxylic acids is 2. The molecule has 0 aliphatic carbocycles. The van der Waals surface area contributed by atoms with Gasteiger partial charge >= 0.3 is 11.9 Å². The summed E-state index contributed by atoms with van der Waals surface area (Å²) in [5.41, 5.74) is 0. The van der Waals surface area contributed by atoms with Crippen LogP contribution in [0.3, 0.4) is 0 Å². The van der Waals surface area contributed by atoms with Gasteiger partial charge in [-0.2, -0.15) is 17.9 Å². The molecule has 4 N–H and O–H groups in total. The summed E-state index contributed by atoms with van der Waals surface area (Å²) < 4.78 is 30.8. The Morgan fingerprint density at radius 2 is 1.94 bits per heavy atom. The topological polar surface area (TPSA) is 142 Å². The minimum absolute atomic E-state index is 0.0504. The average Bonchev–Trinajstić information content (AvgIpc) is 2.15. The van der Waals surface area contributed by atoms with Gasteiger partial charge in [0.05, 0.1) is 13.0 Å². The van der Waals surface area contributed by atoms with Crippen LogP contribution in [0.4, 0.5) is 0 Å². The van der Waals surface area contributed by atoms with Gasteiger partial charge in [-0.15, -0.1) is 0 Å². The molecule has 9 nitrogen and oxygen atoms in total. The first-order valence-electron chi connectivity index (χ1n) is 4.49. The van der Waals surface area contributed by atoms with Crippen molar-refractivity contribution < 1.29 is 33.0 Å². The lowest BCUT2D eigenvalue weighted by Crippen LogP contribution is -2.47. The fourth-order valence-electron chi connectivity index (χ4n) is 0.861. The fourth-order valence-corrected chi connectivity index (χ4v) is 1.86. The molecule has 0 fully saturated rings. The van der Waals surface area contributed by atoms with Crippen molar-refractivity contribution in [2.24, 2.45) is 0 Å². The van der Waals surface area contributed by atoms with Crippen molar-refractivity contribution in [1.82, 2.24) is 9.44 Å². The Morgan fingerprint density at radius 3 is 2.35 bits per heavy atom. The molecule has 0 unspecified atom stereocenters. The first kappa shape index (κ1) is 15.8. The van der Waals surface area contributed by atoms with Crippen LogP contribution in [0, 0.1) is 0 Å². The molecule has 0 saturated heterocycles. The highest BCUT2D eigenvalue weighted by Crippen LogP contribution is 1.95. The maximum atomic E-state index is 11.3. The second-order valence-electron chi connectivity index (χ2n) is 3.00. The van der Waals surface area contributed by atoms with Crippen LogP contribution in [-0.4, -0.2) is 56.9 Å². The molecule has 0 aromatic rings. The van der Waals surface area contributed by atoms with E-state index in [1.54, 1.807) is 4.72 Å². The summed E-state index contributed by atoms with van der Waals surface area (Å²) in [5.74, 6) is -2.98. The van der Waals surface area contributed by atoms with Gasteiger partial charge in [0, 0.05) is 13.7 Å². The number of nitrogens with one attached hydrogen (secondary N) is 2. The first-order valence-corrected chi connectivity index (χ1v) is 5.97. The molecule has 0 bridgehead atoms. The van der Waals surface area contributed by atoms with Gasteiger partial charge in [0.15, 0.2) is 0 Å². The van der Waals surface area contributed by atoms with Crippen LogP contribution in [0.5, 0.6) is 0 Å². The second-order valence-corrected chi connectivity index (χ2v) is 4.53. The third-order valence-electron chi connectivity index (χ3n) is 1.57. The standard InChI is InChI=1S/C7H14N2O7S/c1-16-3-2-8-17(14,15)9-5(7(12)13)4-6(10)11/h5,8-9H,2-4H2,1H3,(H,10,11)(H,12,13)/t5-/m1/s1. The van der Waals surface area contributed by atoms with E-state index in [1.807, 2.05) is 4.72 Å². The maximum absolute atomic E-state index is 11.3. The maximum Gasteiger partial charge on any atom is 0.322 e. The van der Waals surface area contributed by atoms with Gasteiger partial charge in [-0.1, -0.05) is 0 Å². The highest BCUT2D eigenvalue weighted by atomic mass is 32.2. The molecule has 17 heavy (non-hydrogen) atoms. The van der Waals surface area contributed by atoms with Crippen LogP contribution in [0.15, 0.2) is 0 Å². The number of carbonyl (C=O) groups is 2. The number of methoxy groups -OCH3 is 1. The van der Waals surface area contributed by atoms with E-state index in [2.05, 4.69) is 4.74 Å². The zero-order valence-electron chi connectivity index (χ0n) is 9.04. The predicted octanol–water partition coefficient (Wildman–Crippen LogP) is -2.02. The van der Waals surface area contributed by atoms with Crippen LogP contribution in [0.1, 0.15) is 6.42 Å². The Kier molecular flexibility index (Phi) is 6.65. The number of ether oxygens (including phenoxy) is 1. The van der Waals surface area contributed by atoms with Crippen molar-refractivity contribution in [3.63, 3.8) is 0 Å². The lowest BCUT2D eigenvalue weighted by atomic mass is 10.2. The molecule has 0 aliphatic rings. The van der Waals surface area contributed by atoms with E-state index in [4.69, 9.17) is 10.2 Å². The molecule has 1 atom stereocenters. The lowest BCUT2D eigenvalue weighted by molar-refractivity contribution is -0.145. The van der Waals surface area contributed by atoms with Crippen LogP contribution >= 0.6 is 0 Å². The fraction of sp³-hybridized carbons (Fsp3) is 0.714. The summed E-state index contributed by atoms with van der Waals surface area (Å²) in [6, 6.07) is -1.72. The number of rotatable bonds is 9. The molecule has 0 aliphatic heterocycles. The van der Waals surface area contributed by atoms with Gasteiger partial charge in [0.2, 0.25) is 0 Å². The van der Waals surface area contributed by atoms with Crippen molar-refractivity contribution in [2.45, 2.75) is 12.5 Å². The molecular formula is C7H14N2O7S. The molecule has 0 amide bonds. The summed E-state index contributed by atoms with van der Waals surface area (Å²) in [7, 11) is -2.70. The van der Waals surface area contributed by atoms with Gasteiger partial charge in [0.1, 0.15) is 6.04 Å². The monoisotopic (exact) mass is 270 g/mol. The molecule has 0 spiro atoms. The molecule has 0 rings (SSSR count). The van der Waals surface area contributed by atoms with Crippen molar-refractivity contribution in [3.05, 3.63) is 0 Å². The molecule has 0 aromatic carbocycles. The summed E-state index contributed by atoms with van der Waals surface area (Å²) in [4.78, 5) is 20.9. The summed E-state index contributed by atoms with van der Waals surface area (Å²) in [5, 5.41) is 17.0. The van der Waals surface area contributed by atoms with Crippen LogP contribution in [0.2, 0.25) is 0 Å². The van der Waals surface area contributed by atoms with Gasteiger partial charge in [-0.3, -0.25) is 9.59 Å². The quantitative estimate of drug-likeness (QED) is 0.354. The van der Waals surface area contributed by atoms with Crippen LogP contribution < -0.4 is 9.44 Å². The highest BCUT2D eigenvalue weighted by Gasteiger charge is 2.25. The third-order valence-corrected chi connectivity index (χ3v) is 2.75. The molecule has 0 heterocycles. The van der Waals surface area contributed by atoms with Gasteiger partial charge < -0.3 is 14.9 Å². The Hall–Kier alpha value is -1.23. The zero-order valence-corrected chi connectivity index (χ0v) is 9.86. The summed E-state index contributed by atoms with van der Waals surface area (Å²) >= 11 is 0. The first-order chi connectivity index (χ1) is 7.78. The van der Waals surface area contributed by atoms with E-state index >= 15 is 0 Å². The summed E-state index contributed by atoms with van der Waals surface area (Å²) in [6.07, 6.45) is -0.847.